The summed E-state index contributed by atoms with van der Waals surface area (Å²) in [5.74, 6) is -21.6. The van der Waals surface area contributed by atoms with Crippen LogP contribution >= 0.6 is 0 Å². The molecule has 0 radical (unpaired) electrons. The van der Waals surface area contributed by atoms with Crippen LogP contribution in [0.5, 0.6) is 0 Å². The van der Waals surface area contributed by atoms with Crippen molar-refractivity contribution in [3.05, 3.63) is 36.5 Å². The van der Waals surface area contributed by atoms with Gasteiger partial charge in [0.15, 0.2) is 0 Å². The fourth-order valence-electron chi connectivity index (χ4n) is 2.11. The molecule has 3 aliphatic heterocycles. The van der Waals surface area contributed by atoms with Crippen LogP contribution in [-0.2, 0) is 62.2 Å². The topological polar surface area (TPSA) is 207 Å². The molecule has 0 aromatic rings. The molecule has 15 nitrogen and oxygen atoms in total. The Hall–Kier alpha value is -4.08. The van der Waals surface area contributed by atoms with Gasteiger partial charge in [-0.05, 0) is 0 Å². The van der Waals surface area contributed by atoms with Crippen LogP contribution in [0.2, 0.25) is 0 Å². The summed E-state index contributed by atoms with van der Waals surface area (Å²) in [4.78, 5) is 79.3. The molecule has 0 saturated heterocycles. The van der Waals surface area contributed by atoms with Gasteiger partial charge in [-0.2, -0.15) is 0 Å². The molecule has 2 atom stereocenters. The lowest BCUT2D eigenvalue weighted by molar-refractivity contribution is -0.584. The summed E-state index contributed by atoms with van der Waals surface area (Å²) < 4.78 is 22.4. The molecule has 3 heterocycles. The number of hydrogen-bond donors (Lipinski definition) is 2. The average molecular weight is 428 g/mol. The van der Waals surface area contributed by atoms with Crippen molar-refractivity contribution in [1.29, 1.82) is 0 Å². The van der Waals surface area contributed by atoms with E-state index in [-0.39, 0.29) is 0 Å². The average Bonchev–Trinajstić information content (AvgIpc) is 2.78. The molecule has 0 amide bonds. The molecule has 0 aromatic carbocycles. The fraction of sp³-hybridized carbons (Fsp3) is 0.200. The Bertz CT molecular complexity index is 910. The Labute approximate surface area is 163 Å². The molecule has 0 aromatic heterocycles. The normalized spacial score (nSPS) is 33.1. The van der Waals surface area contributed by atoms with Crippen molar-refractivity contribution in [3.8, 4) is 0 Å². The smallest absolute Gasteiger partial charge is 0.410 e. The maximum Gasteiger partial charge on any atom is 0.493 e. The minimum Gasteiger partial charge on any atom is -0.410 e. The van der Waals surface area contributed by atoms with E-state index in [1.165, 1.54) is 0 Å². The summed E-state index contributed by atoms with van der Waals surface area (Å²) >= 11 is 0. The Morgan fingerprint density at radius 1 is 0.533 bits per heavy atom. The van der Waals surface area contributed by atoms with Gasteiger partial charge in [-0.25, -0.2) is 28.8 Å². The quantitative estimate of drug-likeness (QED) is 0.240. The van der Waals surface area contributed by atoms with Crippen molar-refractivity contribution in [2.24, 2.45) is 0 Å². The summed E-state index contributed by atoms with van der Waals surface area (Å²) in [7, 11) is 0. The lowest BCUT2D eigenvalue weighted by atomic mass is 10.1. The standard InChI is InChI=1S/C15H8O15/c16-7-1-4-10(19)27-15(28-11(20)5-6-12(21)29-30-15)13(22,24-7)14(23)25-8(17)2-3-9(18)26-14/h1-6,22-23H/b4-1-,6-5-. The number of aliphatic hydroxyl groups is 2. The Morgan fingerprint density at radius 3 is 1.37 bits per heavy atom. The number of carbonyl (C=O) groups is 6. The van der Waals surface area contributed by atoms with E-state index >= 15 is 0 Å². The Kier molecular flexibility index (Phi) is 4.86. The first-order valence-corrected chi connectivity index (χ1v) is 7.52. The van der Waals surface area contributed by atoms with E-state index in [4.69, 9.17) is 0 Å². The molecule has 3 rings (SSSR count). The zero-order chi connectivity index (χ0) is 22.2. The van der Waals surface area contributed by atoms with Crippen LogP contribution in [-0.4, -0.2) is 63.8 Å². The second kappa shape index (κ2) is 7.07. The van der Waals surface area contributed by atoms with Crippen molar-refractivity contribution >= 4 is 35.8 Å². The summed E-state index contributed by atoms with van der Waals surface area (Å²) in [6.07, 6.45) is 2.50. The van der Waals surface area contributed by atoms with Crippen molar-refractivity contribution in [2.75, 3.05) is 0 Å². The number of esters is 5. The second-order valence-electron chi connectivity index (χ2n) is 5.37. The molecule has 2 unspecified atom stereocenters. The number of hydrogen-bond acceptors (Lipinski definition) is 15. The van der Waals surface area contributed by atoms with Gasteiger partial charge in [0.2, 0.25) is 0 Å². The predicted octanol–water partition coefficient (Wildman–Crippen LogP) is -3.12. The second-order valence-corrected chi connectivity index (χ2v) is 5.37. The molecule has 1 spiro atoms. The van der Waals surface area contributed by atoms with E-state index in [2.05, 4.69) is 33.5 Å². The third kappa shape index (κ3) is 3.50. The van der Waals surface area contributed by atoms with Crippen LogP contribution in [0.25, 0.3) is 0 Å². The number of ether oxygens (including phenoxy) is 5. The van der Waals surface area contributed by atoms with Gasteiger partial charge in [0.25, 0.3) is 0 Å². The molecule has 15 heteroatoms. The third-order valence-corrected chi connectivity index (χ3v) is 3.34. The molecule has 0 aliphatic carbocycles. The first-order chi connectivity index (χ1) is 14.0. The first kappa shape index (κ1) is 20.6. The van der Waals surface area contributed by atoms with Crippen LogP contribution in [0.3, 0.4) is 0 Å². The van der Waals surface area contributed by atoms with E-state index in [1.807, 2.05) is 0 Å². The van der Waals surface area contributed by atoms with Gasteiger partial charge in [0.1, 0.15) is 0 Å². The van der Waals surface area contributed by atoms with Gasteiger partial charge in [-0.1, -0.05) is 4.89 Å². The van der Waals surface area contributed by atoms with Crippen LogP contribution in [0.4, 0.5) is 0 Å². The molecule has 3 aliphatic rings. The van der Waals surface area contributed by atoms with Gasteiger partial charge in [0, 0.05) is 36.5 Å². The summed E-state index contributed by atoms with van der Waals surface area (Å²) in [5, 5.41) is 21.6. The van der Waals surface area contributed by atoms with E-state index in [0.717, 1.165) is 0 Å². The van der Waals surface area contributed by atoms with Gasteiger partial charge < -0.3 is 33.9 Å². The highest BCUT2D eigenvalue weighted by Crippen LogP contribution is 2.43. The van der Waals surface area contributed by atoms with Crippen molar-refractivity contribution in [2.45, 2.75) is 17.7 Å². The van der Waals surface area contributed by atoms with Crippen LogP contribution in [0, 0.1) is 0 Å². The summed E-state index contributed by atoms with van der Waals surface area (Å²) in [6, 6.07) is 0. The minimum atomic E-state index is -4.21. The van der Waals surface area contributed by atoms with E-state index in [1.54, 1.807) is 0 Å². The molecular formula is C15H8O15. The Balaban J connectivity index is 2.23. The first-order valence-electron chi connectivity index (χ1n) is 7.52. The van der Waals surface area contributed by atoms with Crippen molar-refractivity contribution in [1.82, 2.24) is 0 Å². The molecule has 158 valence electrons. The number of cyclic esters (lactones) is 3. The Morgan fingerprint density at radius 2 is 0.900 bits per heavy atom. The monoisotopic (exact) mass is 428 g/mol. The highest BCUT2D eigenvalue weighted by molar-refractivity contribution is 5.95. The molecule has 2 N–H and O–H groups in total. The van der Waals surface area contributed by atoms with Gasteiger partial charge in [-0.15, -0.1) is 0 Å². The zero-order valence-electron chi connectivity index (χ0n) is 14.2. The zero-order valence-corrected chi connectivity index (χ0v) is 14.2. The number of rotatable bonds is 1. The van der Waals surface area contributed by atoms with Crippen LogP contribution in [0.15, 0.2) is 36.5 Å². The maximum atomic E-state index is 12.0. The molecule has 30 heavy (non-hydrogen) atoms. The summed E-state index contributed by atoms with van der Waals surface area (Å²) in [5.41, 5.74) is 0. The van der Waals surface area contributed by atoms with Gasteiger partial charge >= 0.3 is 53.5 Å². The van der Waals surface area contributed by atoms with Crippen LogP contribution < -0.4 is 0 Å². The predicted molar refractivity (Wildman–Crippen MR) is 77.7 cm³/mol. The highest BCUT2D eigenvalue weighted by atomic mass is 17.3. The SMILES string of the molecule is O=C1C=CC(=O)OC(O)(C2(O)OC(=O)/C=C\C(=O)OC23OOC(=O)/C=C\C(=O)O3)O1. The largest absolute Gasteiger partial charge is 0.493 e. The lowest BCUT2D eigenvalue weighted by Gasteiger charge is -2.45. The van der Waals surface area contributed by atoms with E-state index in [0.29, 0.717) is 36.5 Å². The van der Waals surface area contributed by atoms with E-state index < -0.39 is 53.5 Å². The van der Waals surface area contributed by atoms with Crippen LogP contribution in [0.1, 0.15) is 0 Å². The minimum absolute atomic E-state index is 0.360. The van der Waals surface area contributed by atoms with E-state index in [9.17, 15) is 39.0 Å². The third-order valence-electron chi connectivity index (χ3n) is 3.34. The fourth-order valence-corrected chi connectivity index (χ4v) is 2.11. The molecule has 0 saturated carbocycles. The lowest BCUT2D eigenvalue weighted by Crippen LogP contribution is -2.75. The maximum absolute atomic E-state index is 12.0. The summed E-state index contributed by atoms with van der Waals surface area (Å²) in [6.45, 7) is 0. The number of carbonyl (C=O) groups excluding carboxylic acids is 6. The molecule has 0 bridgehead atoms. The van der Waals surface area contributed by atoms with Gasteiger partial charge in [-0.3, -0.25) is 4.89 Å². The van der Waals surface area contributed by atoms with Gasteiger partial charge in [0.05, 0.1) is 0 Å². The highest BCUT2D eigenvalue weighted by Gasteiger charge is 2.81. The van der Waals surface area contributed by atoms with Crippen molar-refractivity contribution < 1.29 is 72.4 Å². The molecule has 0 fully saturated rings. The van der Waals surface area contributed by atoms with Crippen molar-refractivity contribution in [3.63, 3.8) is 0 Å². The molecular weight excluding hydrogens is 420 g/mol.